The molecule has 1 spiro atoms. The van der Waals surface area contributed by atoms with Gasteiger partial charge in [0.15, 0.2) is 0 Å². The predicted molar refractivity (Wildman–Crippen MR) is 80.7 cm³/mol. The van der Waals surface area contributed by atoms with E-state index in [1.165, 1.54) is 38.5 Å². The Morgan fingerprint density at radius 2 is 1.90 bits per heavy atom. The lowest BCUT2D eigenvalue weighted by atomic mass is 9.74. The quantitative estimate of drug-likeness (QED) is 0.859. The Morgan fingerprint density at radius 1 is 1.15 bits per heavy atom. The first-order chi connectivity index (χ1) is 9.69. The molecule has 1 saturated heterocycles. The molecule has 1 heterocycles. The molecule has 1 aliphatic heterocycles. The zero-order chi connectivity index (χ0) is 14.1. The second-order valence-corrected chi connectivity index (χ2v) is 7.36. The second-order valence-electron chi connectivity index (χ2n) is 7.36. The standard InChI is InChI=1S/C17H31NO2/c1-2-14-4-9-17(13-18,10-5-14)20-15-6-11-19-16(12-15)7-3-8-16/h14-15H,2-13,18H2,1H3. The van der Waals surface area contributed by atoms with E-state index in [1.54, 1.807) is 0 Å². The third kappa shape index (κ3) is 2.90. The van der Waals surface area contributed by atoms with Crippen molar-refractivity contribution >= 4 is 0 Å². The van der Waals surface area contributed by atoms with Crippen LogP contribution in [-0.2, 0) is 9.47 Å². The van der Waals surface area contributed by atoms with E-state index in [-0.39, 0.29) is 11.2 Å². The van der Waals surface area contributed by atoms with E-state index in [4.69, 9.17) is 15.2 Å². The van der Waals surface area contributed by atoms with Crippen LogP contribution in [0.5, 0.6) is 0 Å². The maximum atomic E-state index is 6.59. The van der Waals surface area contributed by atoms with Crippen LogP contribution in [-0.4, -0.2) is 30.5 Å². The maximum absolute atomic E-state index is 6.59. The van der Waals surface area contributed by atoms with Gasteiger partial charge in [-0.2, -0.15) is 0 Å². The van der Waals surface area contributed by atoms with Crippen molar-refractivity contribution in [3.8, 4) is 0 Å². The van der Waals surface area contributed by atoms with Gasteiger partial charge in [-0.15, -0.1) is 0 Å². The van der Waals surface area contributed by atoms with Gasteiger partial charge in [0, 0.05) is 19.6 Å². The predicted octanol–water partition coefficient (Wildman–Crippen LogP) is 3.40. The molecule has 116 valence electrons. The molecule has 3 heteroatoms. The number of ether oxygens (including phenoxy) is 2. The minimum absolute atomic E-state index is 0.0292. The van der Waals surface area contributed by atoms with Crippen molar-refractivity contribution in [1.29, 1.82) is 0 Å². The van der Waals surface area contributed by atoms with Crippen molar-refractivity contribution in [1.82, 2.24) is 0 Å². The Kier molecular flexibility index (Phi) is 4.40. The largest absolute Gasteiger partial charge is 0.375 e. The highest BCUT2D eigenvalue weighted by atomic mass is 16.5. The van der Waals surface area contributed by atoms with Gasteiger partial charge in [-0.25, -0.2) is 0 Å². The Labute approximate surface area is 123 Å². The van der Waals surface area contributed by atoms with Crippen LogP contribution in [0.15, 0.2) is 0 Å². The molecule has 3 rings (SSSR count). The summed E-state index contributed by atoms with van der Waals surface area (Å²) < 4.78 is 12.6. The van der Waals surface area contributed by atoms with Crippen LogP contribution < -0.4 is 5.73 Å². The molecule has 20 heavy (non-hydrogen) atoms. The molecule has 0 aromatic heterocycles. The summed E-state index contributed by atoms with van der Waals surface area (Å²) in [6, 6.07) is 0. The van der Waals surface area contributed by atoms with Crippen LogP contribution in [0, 0.1) is 5.92 Å². The van der Waals surface area contributed by atoms with Gasteiger partial charge in [-0.1, -0.05) is 13.3 Å². The summed E-state index contributed by atoms with van der Waals surface area (Å²) in [7, 11) is 0. The van der Waals surface area contributed by atoms with E-state index in [2.05, 4.69) is 6.92 Å². The molecular formula is C17H31NO2. The maximum Gasteiger partial charge on any atom is 0.0808 e. The van der Waals surface area contributed by atoms with Gasteiger partial charge in [0.1, 0.15) is 0 Å². The molecule has 0 amide bonds. The van der Waals surface area contributed by atoms with Gasteiger partial charge < -0.3 is 15.2 Å². The second kappa shape index (κ2) is 5.94. The number of rotatable bonds is 4. The summed E-state index contributed by atoms with van der Waals surface area (Å²) >= 11 is 0. The summed E-state index contributed by atoms with van der Waals surface area (Å²) in [5, 5.41) is 0. The summed E-state index contributed by atoms with van der Waals surface area (Å²) in [5.74, 6) is 0.894. The summed E-state index contributed by atoms with van der Waals surface area (Å²) in [6.07, 6.45) is 12.6. The lowest BCUT2D eigenvalue weighted by Crippen LogP contribution is -2.52. The lowest BCUT2D eigenvalue weighted by molar-refractivity contribution is -0.203. The first kappa shape index (κ1) is 14.8. The van der Waals surface area contributed by atoms with Crippen molar-refractivity contribution in [3.05, 3.63) is 0 Å². The third-order valence-corrected chi connectivity index (χ3v) is 6.09. The minimum Gasteiger partial charge on any atom is -0.375 e. The Balaban J connectivity index is 1.57. The Morgan fingerprint density at radius 3 is 2.45 bits per heavy atom. The van der Waals surface area contributed by atoms with E-state index in [0.717, 1.165) is 38.2 Å². The molecule has 3 fully saturated rings. The molecule has 0 bridgehead atoms. The fourth-order valence-corrected chi connectivity index (χ4v) is 4.34. The monoisotopic (exact) mass is 281 g/mol. The average Bonchev–Trinajstić information content (AvgIpc) is 2.47. The normalized spacial score (nSPS) is 40.5. The van der Waals surface area contributed by atoms with Gasteiger partial charge in [0.05, 0.1) is 17.3 Å². The molecule has 2 N–H and O–H groups in total. The van der Waals surface area contributed by atoms with Crippen molar-refractivity contribution in [3.63, 3.8) is 0 Å². The number of hydrogen-bond donors (Lipinski definition) is 1. The Hall–Kier alpha value is -0.120. The van der Waals surface area contributed by atoms with Gasteiger partial charge in [0.25, 0.3) is 0 Å². The minimum atomic E-state index is -0.0292. The third-order valence-electron chi connectivity index (χ3n) is 6.09. The van der Waals surface area contributed by atoms with Crippen molar-refractivity contribution < 1.29 is 9.47 Å². The van der Waals surface area contributed by atoms with Crippen LogP contribution in [0.25, 0.3) is 0 Å². The fraction of sp³-hybridized carbons (Fsp3) is 1.00. The molecule has 1 atom stereocenters. The summed E-state index contributed by atoms with van der Waals surface area (Å²) in [5.41, 5.74) is 6.25. The van der Waals surface area contributed by atoms with Crippen LogP contribution in [0.3, 0.4) is 0 Å². The van der Waals surface area contributed by atoms with Gasteiger partial charge >= 0.3 is 0 Å². The smallest absolute Gasteiger partial charge is 0.0808 e. The van der Waals surface area contributed by atoms with E-state index < -0.39 is 0 Å². The molecule has 2 saturated carbocycles. The van der Waals surface area contributed by atoms with E-state index in [1.807, 2.05) is 0 Å². The van der Waals surface area contributed by atoms with E-state index in [9.17, 15) is 0 Å². The topological polar surface area (TPSA) is 44.5 Å². The van der Waals surface area contributed by atoms with Crippen LogP contribution in [0.2, 0.25) is 0 Å². The van der Waals surface area contributed by atoms with Crippen molar-refractivity contribution in [2.24, 2.45) is 11.7 Å². The van der Waals surface area contributed by atoms with Crippen LogP contribution in [0.4, 0.5) is 0 Å². The van der Waals surface area contributed by atoms with Crippen LogP contribution >= 0.6 is 0 Å². The molecule has 0 radical (unpaired) electrons. The number of hydrogen-bond acceptors (Lipinski definition) is 3. The summed E-state index contributed by atoms with van der Waals surface area (Å²) in [6.45, 7) is 3.87. The molecular weight excluding hydrogens is 250 g/mol. The van der Waals surface area contributed by atoms with Crippen molar-refractivity contribution in [2.45, 2.75) is 88.4 Å². The average molecular weight is 281 g/mol. The molecule has 3 nitrogen and oxygen atoms in total. The molecule has 0 aromatic carbocycles. The highest BCUT2D eigenvalue weighted by molar-refractivity contribution is 4.96. The van der Waals surface area contributed by atoms with Gasteiger partial charge in [0.2, 0.25) is 0 Å². The van der Waals surface area contributed by atoms with Crippen molar-refractivity contribution in [2.75, 3.05) is 13.2 Å². The number of nitrogens with two attached hydrogens (primary N) is 1. The van der Waals surface area contributed by atoms with Gasteiger partial charge in [-0.05, 0) is 57.3 Å². The van der Waals surface area contributed by atoms with Gasteiger partial charge in [-0.3, -0.25) is 0 Å². The van der Waals surface area contributed by atoms with E-state index >= 15 is 0 Å². The van der Waals surface area contributed by atoms with Crippen LogP contribution in [0.1, 0.15) is 71.1 Å². The zero-order valence-electron chi connectivity index (χ0n) is 13.0. The highest BCUT2D eigenvalue weighted by Crippen LogP contribution is 2.45. The molecule has 3 aliphatic rings. The molecule has 0 aromatic rings. The zero-order valence-corrected chi connectivity index (χ0v) is 13.0. The fourth-order valence-electron chi connectivity index (χ4n) is 4.34. The Bertz CT molecular complexity index is 319. The highest BCUT2D eigenvalue weighted by Gasteiger charge is 2.45. The lowest BCUT2D eigenvalue weighted by Gasteiger charge is -2.49. The first-order valence-corrected chi connectivity index (χ1v) is 8.71. The SMILES string of the molecule is CCC1CCC(CN)(OC2CCOC3(CCC3)C2)CC1. The first-order valence-electron chi connectivity index (χ1n) is 8.71. The molecule has 1 unspecified atom stereocenters. The van der Waals surface area contributed by atoms with E-state index in [0.29, 0.717) is 12.6 Å². The summed E-state index contributed by atoms with van der Waals surface area (Å²) in [4.78, 5) is 0. The molecule has 2 aliphatic carbocycles.